The Kier molecular flexibility index (Phi) is 8.31. The highest BCUT2D eigenvalue weighted by atomic mass is 35.5. The number of benzene rings is 4. The molecule has 0 saturated carbocycles. The number of ether oxygens (including phenoxy) is 3. The first-order chi connectivity index (χ1) is 20.3. The van der Waals surface area contributed by atoms with E-state index in [-0.39, 0.29) is 34.6 Å². The average Bonchev–Trinajstić information content (AvgIpc) is 3.26. The Morgan fingerprint density at radius 3 is 2.14 bits per heavy atom. The molecule has 0 radical (unpaired) electrons. The highest BCUT2D eigenvalue weighted by Crippen LogP contribution is 2.34. The lowest BCUT2D eigenvalue weighted by atomic mass is 10.0. The van der Waals surface area contributed by atoms with Crippen LogP contribution in [0.1, 0.15) is 47.9 Å². The second-order valence-corrected chi connectivity index (χ2v) is 9.57. The second-order valence-electron chi connectivity index (χ2n) is 9.20. The fourth-order valence-electron chi connectivity index (χ4n) is 4.44. The largest absolute Gasteiger partial charge is 0.493 e. The number of carbonyl (C=O) groups is 4. The van der Waals surface area contributed by atoms with Gasteiger partial charge in [0.2, 0.25) is 5.78 Å². The maximum Gasteiger partial charge on any atom is 0.338 e. The number of para-hydroxylation sites is 2. The molecular weight excluding hydrogens is 565 g/mol. The molecule has 0 aliphatic carbocycles. The van der Waals surface area contributed by atoms with E-state index in [0.717, 1.165) is 17.0 Å². The van der Waals surface area contributed by atoms with Gasteiger partial charge in [0.05, 0.1) is 29.5 Å². The number of anilines is 1. The molecule has 0 saturated heterocycles. The van der Waals surface area contributed by atoms with Crippen molar-refractivity contribution in [1.82, 2.24) is 0 Å². The number of ketones is 1. The lowest BCUT2D eigenvalue weighted by Gasteiger charge is -2.16. The zero-order valence-electron chi connectivity index (χ0n) is 22.2. The molecule has 1 heterocycles. The molecule has 1 atom stereocenters. The summed E-state index contributed by atoms with van der Waals surface area (Å²) in [6.07, 6.45) is -1.20. The average molecular weight is 588 g/mol. The smallest absolute Gasteiger partial charge is 0.338 e. The number of halogens is 2. The van der Waals surface area contributed by atoms with Gasteiger partial charge in [0.15, 0.2) is 17.6 Å². The minimum Gasteiger partial charge on any atom is -0.493 e. The van der Waals surface area contributed by atoms with Crippen LogP contribution in [0, 0.1) is 5.82 Å². The Balaban J connectivity index is 1.32. The van der Waals surface area contributed by atoms with Gasteiger partial charge in [-0.25, -0.2) is 14.1 Å². The van der Waals surface area contributed by atoms with E-state index in [9.17, 15) is 23.6 Å². The Bertz CT molecular complexity index is 1670. The van der Waals surface area contributed by atoms with Gasteiger partial charge in [-0.1, -0.05) is 12.1 Å². The van der Waals surface area contributed by atoms with Crippen molar-refractivity contribution in [3.63, 3.8) is 0 Å². The van der Waals surface area contributed by atoms with Crippen molar-refractivity contribution in [3.8, 4) is 17.2 Å². The molecule has 1 aliphatic heterocycles. The minimum atomic E-state index is -1.22. The van der Waals surface area contributed by atoms with Crippen LogP contribution in [0.15, 0.2) is 91.0 Å². The summed E-state index contributed by atoms with van der Waals surface area (Å²) in [6.45, 7) is 0. The zero-order valence-corrected chi connectivity index (χ0v) is 23.0. The molecule has 212 valence electrons. The first-order valence-electron chi connectivity index (χ1n) is 12.8. The number of amides is 2. The van der Waals surface area contributed by atoms with E-state index in [0.29, 0.717) is 22.9 Å². The molecule has 42 heavy (non-hydrogen) atoms. The fourth-order valence-corrected chi connectivity index (χ4v) is 4.63. The molecule has 4 aromatic rings. The van der Waals surface area contributed by atoms with Gasteiger partial charge in [0.1, 0.15) is 11.6 Å². The number of nitrogens with zero attached hydrogens (tertiary/aromatic N) is 1. The number of imide groups is 1. The van der Waals surface area contributed by atoms with E-state index in [1.54, 1.807) is 42.5 Å². The summed E-state index contributed by atoms with van der Waals surface area (Å²) in [7, 11) is 1.53. The van der Waals surface area contributed by atoms with E-state index in [2.05, 4.69) is 0 Å². The molecule has 1 aliphatic rings. The Morgan fingerprint density at radius 1 is 0.833 bits per heavy atom. The number of rotatable bonds is 10. The third kappa shape index (κ3) is 5.73. The summed E-state index contributed by atoms with van der Waals surface area (Å²) >= 11 is 5.83. The number of Topliss-reactive ketones (excluding diaryl/α,β-unsaturated/α-hetero) is 1. The number of carbonyl (C=O) groups excluding carboxylic acids is 4. The first kappa shape index (κ1) is 28.5. The van der Waals surface area contributed by atoms with Crippen LogP contribution in [0.25, 0.3) is 0 Å². The summed E-state index contributed by atoms with van der Waals surface area (Å²) in [5, 5.41) is 0. The lowest BCUT2D eigenvalue weighted by Crippen LogP contribution is -2.29. The van der Waals surface area contributed by atoms with Crippen molar-refractivity contribution >= 4 is 40.9 Å². The summed E-state index contributed by atoms with van der Waals surface area (Å²) < 4.78 is 29.9. The molecule has 5 rings (SSSR count). The van der Waals surface area contributed by atoms with Gasteiger partial charge < -0.3 is 14.2 Å². The van der Waals surface area contributed by atoms with Crippen molar-refractivity contribution in [1.29, 1.82) is 0 Å². The van der Waals surface area contributed by atoms with Crippen molar-refractivity contribution in [3.05, 3.63) is 119 Å². The van der Waals surface area contributed by atoms with Crippen molar-refractivity contribution in [2.45, 2.75) is 12.5 Å². The predicted molar refractivity (Wildman–Crippen MR) is 152 cm³/mol. The molecule has 8 nitrogen and oxygen atoms in total. The zero-order chi connectivity index (χ0) is 29.8. The summed E-state index contributed by atoms with van der Waals surface area (Å²) in [5.41, 5.74) is 0.575. The van der Waals surface area contributed by atoms with Crippen molar-refractivity contribution < 1.29 is 37.8 Å². The Labute approximate surface area is 245 Å². The van der Waals surface area contributed by atoms with Crippen molar-refractivity contribution in [2.75, 3.05) is 17.9 Å². The minimum absolute atomic E-state index is 0.0163. The molecule has 1 unspecified atom stereocenters. The van der Waals surface area contributed by atoms with Crippen LogP contribution in [0.4, 0.5) is 10.1 Å². The maximum atomic E-state index is 13.3. The molecule has 2 amide bonds. The van der Waals surface area contributed by atoms with E-state index in [1.807, 2.05) is 6.07 Å². The second kappa shape index (κ2) is 12.2. The highest BCUT2D eigenvalue weighted by Gasteiger charge is 2.37. The molecule has 0 fully saturated rings. The molecule has 4 aromatic carbocycles. The van der Waals surface area contributed by atoms with Crippen LogP contribution in [0.5, 0.6) is 17.2 Å². The molecular formula is C32H23ClFNO7. The van der Waals surface area contributed by atoms with E-state index in [1.165, 1.54) is 37.4 Å². The molecule has 0 spiro atoms. The fraction of sp³-hybridized carbons (Fsp3) is 0.125. The van der Waals surface area contributed by atoms with Gasteiger partial charge in [-0.05, 0) is 78.9 Å². The summed E-state index contributed by atoms with van der Waals surface area (Å²) in [6, 6.07) is 22.3. The number of hydrogen-bond donors (Lipinski definition) is 0. The third-order valence-corrected chi connectivity index (χ3v) is 6.77. The van der Waals surface area contributed by atoms with Gasteiger partial charge in [-0.15, -0.1) is 11.6 Å². The third-order valence-electron chi connectivity index (χ3n) is 6.56. The van der Waals surface area contributed by atoms with Gasteiger partial charge in [0, 0.05) is 17.9 Å². The molecule has 0 aromatic heterocycles. The van der Waals surface area contributed by atoms with Crippen LogP contribution in [-0.2, 0) is 4.74 Å². The van der Waals surface area contributed by atoms with Gasteiger partial charge >= 0.3 is 5.97 Å². The number of alkyl halides is 1. The first-order valence-corrected chi connectivity index (χ1v) is 13.3. The SMILES string of the molecule is COc1ccccc1Oc1ccc(N2C(=O)c3ccc(C(=O)OC(CCCl)C(=O)c4ccc(F)cc4)cc3C2=O)cc1. The number of hydrogen-bond acceptors (Lipinski definition) is 7. The summed E-state index contributed by atoms with van der Waals surface area (Å²) in [4.78, 5) is 53.3. The Hall–Kier alpha value is -5.02. The predicted octanol–water partition coefficient (Wildman–Crippen LogP) is 6.46. The van der Waals surface area contributed by atoms with E-state index >= 15 is 0 Å². The highest BCUT2D eigenvalue weighted by molar-refractivity contribution is 6.34. The van der Waals surface area contributed by atoms with E-state index in [4.69, 9.17) is 25.8 Å². The quantitative estimate of drug-likeness (QED) is 0.0908. The van der Waals surface area contributed by atoms with Crippen LogP contribution >= 0.6 is 11.6 Å². The topological polar surface area (TPSA) is 99.2 Å². The lowest BCUT2D eigenvalue weighted by molar-refractivity contribution is 0.0278. The summed E-state index contributed by atoms with van der Waals surface area (Å²) in [5.74, 6) is -1.57. The van der Waals surface area contributed by atoms with E-state index < -0.39 is 35.5 Å². The number of esters is 1. The number of methoxy groups -OCH3 is 1. The molecule has 0 bridgehead atoms. The normalized spacial score (nSPS) is 13.0. The molecule has 10 heteroatoms. The van der Waals surface area contributed by atoms with Crippen LogP contribution in [0.2, 0.25) is 0 Å². The standard InChI is InChI=1S/C32H23ClFNO7/c1-40-26-4-2-3-5-27(26)41-23-13-11-22(12-14-23)35-30(37)24-15-8-20(18-25(24)31(35)38)32(39)42-28(16-17-33)29(36)19-6-9-21(34)10-7-19/h2-15,18,28H,16-17H2,1H3. The van der Waals surface area contributed by atoms with Gasteiger partial charge in [0.25, 0.3) is 11.8 Å². The van der Waals surface area contributed by atoms with Crippen molar-refractivity contribution in [2.24, 2.45) is 0 Å². The van der Waals surface area contributed by atoms with Crippen LogP contribution in [-0.4, -0.2) is 42.7 Å². The monoisotopic (exact) mass is 587 g/mol. The molecule has 0 N–H and O–H groups in total. The number of fused-ring (bicyclic) bond motifs is 1. The van der Waals surface area contributed by atoms with Crippen LogP contribution in [0.3, 0.4) is 0 Å². The Morgan fingerprint density at radius 2 is 1.48 bits per heavy atom. The van der Waals surface area contributed by atoms with Gasteiger partial charge in [-0.3, -0.25) is 14.4 Å². The van der Waals surface area contributed by atoms with Gasteiger partial charge in [-0.2, -0.15) is 0 Å². The maximum absolute atomic E-state index is 13.3. The van der Waals surface area contributed by atoms with Crippen LogP contribution < -0.4 is 14.4 Å².